The molecule has 5 heteroatoms. The van der Waals surface area contributed by atoms with Gasteiger partial charge in [0.05, 0.1) is 20.6 Å². The molecule has 5 nitrogen and oxygen atoms in total. The quantitative estimate of drug-likeness (QED) is 0.479. The standard InChI is InChI=1S/C8H13NO4/c1-4-8(9,7(11)13-3)5-6(10)12-2/h4H,1,5,9H2,2-3H3/t8-/m0/s1. The highest BCUT2D eigenvalue weighted by Crippen LogP contribution is 2.10. The smallest absolute Gasteiger partial charge is 0.330 e. The summed E-state index contributed by atoms with van der Waals surface area (Å²) in [5, 5.41) is 0. The maximum atomic E-state index is 11.1. The molecule has 0 bridgehead atoms. The van der Waals surface area contributed by atoms with Gasteiger partial charge in [0.25, 0.3) is 0 Å². The van der Waals surface area contributed by atoms with Crippen molar-refractivity contribution in [3.8, 4) is 0 Å². The van der Waals surface area contributed by atoms with Crippen molar-refractivity contribution >= 4 is 11.9 Å². The average Bonchev–Trinajstić information content (AvgIpc) is 2.15. The van der Waals surface area contributed by atoms with Crippen molar-refractivity contribution < 1.29 is 19.1 Å². The van der Waals surface area contributed by atoms with E-state index in [2.05, 4.69) is 16.1 Å². The fourth-order valence-corrected chi connectivity index (χ4v) is 0.729. The van der Waals surface area contributed by atoms with Crippen molar-refractivity contribution in [1.82, 2.24) is 0 Å². The Kier molecular flexibility index (Phi) is 4.13. The van der Waals surface area contributed by atoms with E-state index >= 15 is 0 Å². The fraction of sp³-hybridized carbons (Fsp3) is 0.500. The Morgan fingerprint density at radius 1 is 1.46 bits per heavy atom. The first-order chi connectivity index (χ1) is 6.00. The van der Waals surface area contributed by atoms with Crippen LogP contribution in [0, 0.1) is 0 Å². The van der Waals surface area contributed by atoms with Crippen molar-refractivity contribution in [3.05, 3.63) is 12.7 Å². The fourth-order valence-electron chi connectivity index (χ4n) is 0.729. The average molecular weight is 187 g/mol. The molecule has 0 amide bonds. The molecule has 13 heavy (non-hydrogen) atoms. The van der Waals surface area contributed by atoms with Crippen LogP contribution >= 0.6 is 0 Å². The second kappa shape index (κ2) is 4.61. The van der Waals surface area contributed by atoms with Gasteiger partial charge in [-0.15, -0.1) is 6.58 Å². The van der Waals surface area contributed by atoms with Crippen LogP contribution in [0.2, 0.25) is 0 Å². The summed E-state index contributed by atoms with van der Waals surface area (Å²) in [6.07, 6.45) is 0.884. The number of carbonyl (C=O) groups is 2. The second-order valence-electron chi connectivity index (χ2n) is 2.49. The van der Waals surface area contributed by atoms with Gasteiger partial charge < -0.3 is 15.2 Å². The molecule has 0 rings (SSSR count). The van der Waals surface area contributed by atoms with E-state index in [0.29, 0.717) is 0 Å². The summed E-state index contributed by atoms with van der Waals surface area (Å²) >= 11 is 0. The highest BCUT2D eigenvalue weighted by Gasteiger charge is 2.34. The Hall–Kier alpha value is -1.36. The summed E-state index contributed by atoms with van der Waals surface area (Å²) in [6, 6.07) is 0. The molecule has 74 valence electrons. The molecule has 0 aliphatic heterocycles. The van der Waals surface area contributed by atoms with E-state index < -0.39 is 17.5 Å². The SMILES string of the molecule is C=C[C@](N)(CC(=O)OC)C(=O)OC. The topological polar surface area (TPSA) is 78.6 Å². The largest absolute Gasteiger partial charge is 0.469 e. The number of methoxy groups -OCH3 is 2. The van der Waals surface area contributed by atoms with Crippen LogP contribution < -0.4 is 5.73 Å². The van der Waals surface area contributed by atoms with Crippen LogP contribution in [-0.4, -0.2) is 31.7 Å². The molecule has 2 N–H and O–H groups in total. The van der Waals surface area contributed by atoms with E-state index in [1.807, 2.05) is 0 Å². The van der Waals surface area contributed by atoms with Crippen LogP contribution in [0.1, 0.15) is 6.42 Å². The molecule has 1 atom stereocenters. The molecule has 0 radical (unpaired) electrons. The first-order valence-corrected chi connectivity index (χ1v) is 3.58. The van der Waals surface area contributed by atoms with E-state index in [4.69, 9.17) is 5.73 Å². The Labute approximate surface area is 76.5 Å². The minimum absolute atomic E-state index is 0.278. The van der Waals surface area contributed by atoms with Gasteiger partial charge in [-0.2, -0.15) is 0 Å². The van der Waals surface area contributed by atoms with Crippen molar-refractivity contribution in [3.63, 3.8) is 0 Å². The van der Waals surface area contributed by atoms with Crippen molar-refractivity contribution in [2.75, 3.05) is 14.2 Å². The molecule has 0 heterocycles. The molecule has 0 saturated heterocycles. The lowest BCUT2D eigenvalue weighted by Gasteiger charge is -2.20. The Balaban J connectivity index is 4.54. The second-order valence-corrected chi connectivity index (χ2v) is 2.49. The van der Waals surface area contributed by atoms with Crippen LogP contribution in [-0.2, 0) is 19.1 Å². The van der Waals surface area contributed by atoms with Crippen LogP contribution in [0.4, 0.5) is 0 Å². The molecular weight excluding hydrogens is 174 g/mol. The van der Waals surface area contributed by atoms with Crippen molar-refractivity contribution in [2.24, 2.45) is 5.73 Å². The Morgan fingerprint density at radius 3 is 2.31 bits per heavy atom. The number of hydrogen-bond donors (Lipinski definition) is 1. The number of ether oxygens (including phenoxy) is 2. The highest BCUT2D eigenvalue weighted by atomic mass is 16.5. The van der Waals surface area contributed by atoms with Gasteiger partial charge in [-0.25, -0.2) is 4.79 Å². The van der Waals surface area contributed by atoms with Gasteiger partial charge in [0, 0.05) is 0 Å². The van der Waals surface area contributed by atoms with Gasteiger partial charge in [0.15, 0.2) is 0 Å². The number of nitrogens with two attached hydrogens (primary N) is 1. The van der Waals surface area contributed by atoms with Crippen LogP contribution in [0.3, 0.4) is 0 Å². The predicted octanol–water partition coefficient (Wildman–Crippen LogP) is -0.394. The third-order valence-corrected chi connectivity index (χ3v) is 1.59. The van der Waals surface area contributed by atoms with Crippen LogP contribution in [0.5, 0.6) is 0 Å². The van der Waals surface area contributed by atoms with E-state index in [0.717, 1.165) is 6.08 Å². The number of rotatable bonds is 4. The van der Waals surface area contributed by atoms with Gasteiger partial charge in [-0.1, -0.05) is 6.08 Å². The lowest BCUT2D eigenvalue weighted by molar-refractivity contribution is -0.151. The molecule has 0 aromatic heterocycles. The minimum atomic E-state index is -1.50. The number of hydrogen-bond acceptors (Lipinski definition) is 5. The van der Waals surface area contributed by atoms with Gasteiger partial charge >= 0.3 is 11.9 Å². The van der Waals surface area contributed by atoms with Gasteiger partial charge in [0.2, 0.25) is 0 Å². The molecule has 0 aliphatic rings. The molecule has 0 fully saturated rings. The zero-order valence-electron chi connectivity index (χ0n) is 7.70. The normalized spacial score (nSPS) is 14.1. The molecular formula is C8H13NO4. The van der Waals surface area contributed by atoms with E-state index in [1.54, 1.807) is 0 Å². The third kappa shape index (κ3) is 2.87. The molecule has 0 aromatic carbocycles. The Morgan fingerprint density at radius 2 is 2.00 bits per heavy atom. The molecule has 0 saturated carbocycles. The number of esters is 2. The summed E-state index contributed by atoms with van der Waals surface area (Å²) < 4.78 is 8.78. The summed E-state index contributed by atoms with van der Waals surface area (Å²) in [5.74, 6) is -1.30. The molecule has 0 spiro atoms. The summed E-state index contributed by atoms with van der Waals surface area (Å²) in [6.45, 7) is 3.36. The van der Waals surface area contributed by atoms with E-state index in [1.165, 1.54) is 14.2 Å². The summed E-state index contributed by atoms with van der Waals surface area (Å²) in [4.78, 5) is 21.9. The van der Waals surface area contributed by atoms with Gasteiger partial charge in [-0.3, -0.25) is 4.79 Å². The highest BCUT2D eigenvalue weighted by molar-refractivity contribution is 5.88. The van der Waals surface area contributed by atoms with Crippen LogP contribution in [0.25, 0.3) is 0 Å². The van der Waals surface area contributed by atoms with E-state index in [9.17, 15) is 9.59 Å². The maximum Gasteiger partial charge on any atom is 0.330 e. The van der Waals surface area contributed by atoms with E-state index in [-0.39, 0.29) is 6.42 Å². The number of carbonyl (C=O) groups excluding carboxylic acids is 2. The monoisotopic (exact) mass is 187 g/mol. The van der Waals surface area contributed by atoms with Crippen molar-refractivity contribution in [2.45, 2.75) is 12.0 Å². The van der Waals surface area contributed by atoms with Gasteiger partial charge in [0.1, 0.15) is 5.54 Å². The third-order valence-electron chi connectivity index (χ3n) is 1.59. The molecule has 0 aromatic rings. The van der Waals surface area contributed by atoms with Crippen LogP contribution in [0.15, 0.2) is 12.7 Å². The summed E-state index contributed by atoms with van der Waals surface area (Å²) in [7, 11) is 2.40. The molecule has 0 unspecified atom stereocenters. The zero-order valence-corrected chi connectivity index (χ0v) is 7.70. The van der Waals surface area contributed by atoms with Crippen molar-refractivity contribution in [1.29, 1.82) is 0 Å². The van der Waals surface area contributed by atoms with Gasteiger partial charge in [-0.05, 0) is 0 Å². The minimum Gasteiger partial charge on any atom is -0.469 e. The molecule has 0 aliphatic carbocycles. The predicted molar refractivity (Wildman–Crippen MR) is 45.8 cm³/mol. The lowest BCUT2D eigenvalue weighted by atomic mass is 9.97. The lowest BCUT2D eigenvalue weighted by Crippen LogP contribution is -2.48. The Bertz CT molecular complexity index is 226. The first kappa shape index (κ1) is 11.6. The maximum absolute atomic E-state index is 11.1. The zero-order chi connectivity index (χ0) is 10.5. The first-order valence-electron chi connectivity index (χ1n) is 3.58. The summed E-state index contributed by atoms with van der Waals surface area (Å²) in [5.41, 5.74) is 4.04.